The molecule has 2 aromatic carbocycles. The molecule has 6 nitrogen and oxygen atoms in total. The van der Waals surface area contributed by atoms with Crippen molar-refractivity contribution in [2.45, 2.75) is 25.8 Å². The number of carbonyl (C=O) groups is 3. The molecule has 0 aromatic heterocycles. The molecule has 0 aliphatic carbocycles. The van der Waals surface area contributed by atoms with Gasteiger partial charge in [-0.25, -0.2) is 4.79 Å². The first kappa shape index (κ1) is 21.0. The van der Waals surface area contributed by atoms with Crippen LogP contribution in [0.15, 0.2) is 53.0 Å². The summed E-state index contributed by atoms with van der Waals surface area (Å²) in [6.45, 7) is 3.18. The topological polar surface area (TPSA) is 75.7 Å². The van der Waals surface area contributed by atoms with Gasteiger partial charge in [0.25, 0.3) is 5.91 Å². The van der Waals surface area contributed by atoms with Crippen LogP contribution in [0.1, 0.15) is 46.0 Å². The third-order valence-electron chi connectivity index (χ3n) is 4.88. The van der Waals surface area contributed by atoms with E-state index in [9.17, 15) is 14.4 Å². The van der Waals surface area contributed by atoms with E-state index in [0.717, 1.165) is 4.47 Å². The first-order chi connectivity index (χ1) is 14.0. The van der Waals surface area contributed by atoms with Crippen LogP contribution in [-0.4, -0.2) is 48.4 Å². The molecule has 1 saturated heterocycles. The number of ketones is 1. The van der Waals surface area contributed by atoms with Crippen molar-refractivity contribution in [2.75, 3.05) is 19.7 Å². The molecule has 0 atom stereocenters. The van der Waals surface area contributed by atoms with Gasteiger partial charge in [-0.15, -0.1) is 0 Å². The molecule has 2 aromatic rings. The van der Waals surface area contributed by atoms with E-state index in [4.69, 9.17) is 4.74 Å². The average Bonchev–Trinajstić information content (AvgIpc) is 2.74. The third kappa shape index (κ3) is 5.23. The van der Waals surface area contributed by atoms with Gasteiger partial charge in [0, 0.05) is 34.7 Å². The number of halogens is 1. The van der Waals surface area contributed by atoms with E-state index in [0.29, 0.717) is 49.2 Å². The molecular formula is C22H23BrN2O4. The summed E-state index contributed by atoms with van der Waals surface area (Å²) in [6, 6.07) is 13.8. The summed E-state index contributed by atoms with van der Waals surface area (Å²) in [6.07, 6.45) is 0.975. The quantitative estimate of drug-likeness (QED) is 0.686. The van der Waals surface area contributed by atoms with Gasteiger partial charge in [0.2, 0.25) is 0 Å². The molecule has 7 heteroatoms. The Labute approximate surface area is 178 Å². The number of nitrogens with one attached hydrogen (secondary N) is 1. The first-order valence-corrected chi connectivity index (χ1v) is 10.4. The second-order valence-electron chi connectivity index (χ2n) is 6.82. The maximum Gasteiger partial charge on any atom is 0.409 e. The van der Waals surface area contributed by atoms with Crippen molar-refractivity contribution < 1.29 is 19.1 Å². The normalized spacial score (nSPS) is 14.3. The summed E-state index contributed by atoms with van der Waals surface area (Å²) >= 11 is 3.36. The largest absolute Gasteiger partial charge is 0.450 e. The number of rotatable bonds is 5. The lowest BCUT2D eigenvalue weighted by Gasteiger charge is -2.31. The molecule has 0 saturated carbocycles. The predicted octanol–water partition coefficient (Wildman–Crippen LogP) is 4.03. The zero-order valence-corrected chi connectivity index (χ0v) is 17.8. The van der Waals surface area contributed by atoms with E-state index in [2.05, 4.69) is 21.2 Å². The molecule has 152 valence electrons. The lowest BCUT2D eigenvalue weighted by molar-refractivity contribution is 0.0854. The smallest absolute Gasteiger partial charge is 0.409 e. The molecule has 0 spiro atoms. The van der Waals surface area contributed by atoms with Crippen LogP contribution in [0.2, 0.25) is 0 Å². The molecule has 0 radical (unpaired) electrons. The van der Waals surface area contributed by atoms with Crippen LogP contribution in [0.3, 0.4) is 0 Å². The van der Waals surface area contributed by atoms with Gasteiger partial charge in [-0.05, 0) is 50.1 Å². The standard InChI is InChI=1S/C22H23BrN2O4/c1-2-29-22(28)25-13-11-17(12-14-25)24-21(27)19-6-4-3-5-18(19)20(26)15-7-9-16(23)10-8-15/h3-10,17H,2,11-14H2,1H3,(H,24,27). The van der Waals surface area contributed by atoms with Crippen LogP contribution in [0, 0.1) is 0 Å². The minimum absolute atomic E-state index is 0.0518. The summed E-state index contributed by atoms with van der Waals surface area (Å²) in [5, 5.41) is 3.01. The van der Waals surface area contributed by atoms with Gasteiger partial charge in [-0.3, -0.25) is 9.59 Å². The number of amides is 2. The van der Waals surface area contributed by atoms with Crippen molar-refractivity contribution in [3.8, 4) is 0 Å². The van der Waals surface area contributed by atoms with E-state index >= 15 is 0 Å². The summed E-state index contributed by atoms with van der Waals surface area (Å²) < 4.78 is 5.90. The maximum atomic E-state index is 12.9. The van der Waals surface area contributed by atoms with E-state index in [1.165, 1.54) is 0 Å². The van der Waals surface area contributed by atoms with Gasteiger partial charge in [0.15, 0.2) is 5.78 Å². The highest BCUT2D eigenvalue weighted by Crippen LogP contribution is 2.18. The Bertz CT molecular complexity index is 890. The number of piperidine rings is 1. The number of hydrogen-bond acceptors (Lipinski definition) is 4. The number of carbonyl (C=O) groups excluding carboxylic acids is 3. The fraction of sp³-hybridized carbons (Fsp3) is 0.318. The second-order valence-corrected chi connectivity index (χ2v) is 7.73. The minimum Gasteiger partial charge on any atom is -0.450 e. The number of benzene rings is 2. The van der Waals surface area contributed by atoms with Crippen molar-refractivity contribution in [1.82, 2.24) is 10.2 Å². The van der Waals surface area contributed by atoms with E-state index in [1.54, 1.807) is 60.4 Å². The van der Waals surface area contributed by atoms with Crippen molar-refractivity contribution >= 4 is 33.7 Å². The van der Waals surface area contributed by atoms with Crippen LogP contribution in [0.4, 0.5) is 4.79 Å². The zero-order valence-electron chi connectivity index (χ0n) is 16.2. The molecular weight excluding hydrogens is 436 g/mol. The fourth-order valence-corrected chi connectivity index (χ4v) is 3.58. The molecule has 29 heavy (non-hydrogen) atoms. The lowest BCUT2D eigenvalue weighted by atomic mass is 9.97. The maximum absolute atomic E-state index is 12.9. The molecule has 0 bridgehead atoms. The van der Waals surface area contributed by atoms with Gasteiger partial charge in [-0.1, -0.05) is 34.1 Å². The Hall–Kier alpha value is -2.67. The molecule has 1 fully saturated rings. The van der Waals surface area contributed by atoms with E-state index < -0.39 is 0 Å². The number of likely N-dealkylation sites (tertiary alicyclic amines) is 1. The number of nitrogens with zero attached hydrogens (tertiary/aromatic N) is 1. The molecule has 0 unspecified atom stereocenters. The van der Waals surface area contributed by atoms with Gasteiger partial charge < -0.3 is 15.0 Å². The van der Waals surface area contributed by atoms with Gasteiger partial charge in [0.05, 0.1) is 12.2 Å². The summed E-state index contributed by atoms with van der Waals surface area (Å²) in [5.74, 6) is -0.471. The Balaban J connectivity index is 1.67. The Morgan fingerprint density at radius 2 is 1.66 bits per heavy atom. The molecule has 1 N–H and O–H groups in total. The molecule has 1 heterocycles. The highest BCUT2D eigenvalue weighted by atomic mass is 79.9. The van der Waals surface area contributed by atoms with Gasteiger partial charge >= 0.3 is 6.09 Å². The average molecular weight is 459 g/mol. The lowest BCUT2D eigenvalue weighted by Crippen LogP contribution is -2.46. The number of hydrogen-bond donors (Lipinski definition) is 1. The molecule has 1 aliphatic heterocycles. The van der Waals surface area contributed by atoms with Crippen molar-refractivity contribution in [2.24, 2.45) is 0 Å². The summed E-state index contributed by atoms with van der Waals surface area (Å²) in [5.41, 5.74) is 1.25. The Kier molecular flexibility index (Phi) is 7.04. The summed E-state index contributed by atoms with van der Waals surface area (Å²) in [7, 11) is 0. The van der Waals surface area contributed by atoms with Crippen LogP contribution in [0.25, 0.3) is 0 Å². The van der Waals surface area contributed by atoms with Gasteiger partial charge in [0.1, 0.15) is 0 Å². The van der Waals surface area contributed by atoms with Crippen molar-refractivity contribution in [1.29, 1.82) is 0 Å². The van der Waals surface area contributed by atoms with E-state index in [1.807, 2.05) is 0 Å². The summed E-state index contributed by atoms with van der Waals surface area (Å²) in [4.78, 5) is 39.2. The highest BCUT2D eigenvalue weighted by molar-refractivity contribution is 9.10. The number of ether oxygens (including phenoxy) is 1. The van der Waals surface area contributed by atoms with Crippen molar-refractivity contribution in [3.63, 3.8) is 0 Å². The second kappa shape index (κ2) is 9.69. The zero-order chi connectivity index (χ0) is 20.8. The predicted molar refractivity (Wildman–Crippen MR) is 113 cm³/mol. The van der Waals surface area contributed by atoms with Crippen LogP contribution < -0.4 is 5.32 Å². The Morgan fingerprint density at radius 1 is 1.03 bits per heavy atom. The van der Waals surface area contributed by atoms with Gasteiger partial charge in [-0.2, -0.15) is 0 Å². The van der Waals surface area contributed by atoms with E-state index in [-0.39, 0.29) is 23.8 Å². The van der Waals surface area contributed by atoms with Crippen molar-refractivity contribution in [3.05, 3.63) is 69.7 Å². The Morgan fingerprint density at radius 3 is 2.28 bits per heavy atom. The SMILES string of the molecule is CCOC(=O)N1CCC(NC(=O)c2ccccc2C(=O)c2ccc(Br)cc2)CC1. The molecule has 3 rings (SSSR count). The third-order valence-corrected chi connectivity index (χ3v) is 5.41. The highest BCUT2D eigenvalue weighted by Gasteiger charge is 2.26. The van der Waals surface area contributed by atoms with Crippen LogP contribution in [-0.2, 0) is 4.74 Å². The van der Waals surface area contributed by atoms with Crippen LogP contribution >= 0.6 is 15.9 Å². The minimum atomic E-state index is -0.317. The fourth-order valence-electron chi connectivity index (χ4n) is 3.32. The monoisotopic (exact) mass is 458 g/mol. The van der Waals surface area contributed by atoms with Crippen LogP contribution in [0.5, 0.6) is 0 Å². The first-order valence-electron chi connectivity index (χ1n) is 9.61. The molecule has 1 aliphatic rings. The molecule has 2 amide bonds.